The maximum Gasteiger partial charge on any atom is 0.139 e. The summed E-state index contributed by atoms with van der Waals surface area (Å²) in [7, 11) is 1.62. The predicted octanol–water partition coefficient (Wildman–Crippen LogP) is 3.59. The molecule has 3 nitrogen and oxygen atoms in total. The minimum absolute atomic E-state index is 0.373. The van der Waals surface area contributed by atoms with Crippen LogP contribution >= 0.6 is 11.6 Å². The van der Waals surface area contributed by atoms with E-state index in [-0.39, 0.29) is 0 Å². The van der Waals surface area contributed by atoms with Crippen molar-refractivity contribution in [2.75, 3.05) is 12.8 Å². The summed E-state index contributed by atoms with van der Waals surface area (Å²) < 4.78 is 5.08. The number of benzene rings is 2. The van der Waals surface area contributed by atoms with Gasteiger partial charge in [0.2, 0.25) is 0 Å². The summed E-state index contributed by atoms with van der Waals surface area (Å²) in [6, 6.07) is 14.7. The zero-order valence-corrected chi connectivity index (χ0v) is 10.7. The Labute approximate surface area is 111 Å². The standard InChI is InChI=1S/C14H13ClN2O/c1-18-11-8-6-10(7-9-11)17-14(15)12-4-2-3-5-13(12)16/h2-9H,16H2,1H3. The number of nitrogen functional groups attached to an aromatic ring is 1. The molecule has 0 saturated heterocycles. The maximum atomic E-state index is 6.16. The fourth-order valence-electron chi connectivity index (χ4n) is 1.52. The van der Waals surface area contributed by atoms with Crippen LogP contribution in [0.15, 0.2) is 53.5 Å². The molecule has 0 saturated carbocycles. The second-order valence-electron chi connectivity index (χ2n) is 3.69. The normalized spacial score (nSPS) is 11.3. The van der Waals surface area contributed by atoms with Gasteiger partial charge >= 0.3 is 0 Å². The van der Waals surface area contributed by atoms with Gasteiger partial charge in [-0.25, -0.2) is 4.99 Å². The molecular weight excluding hydrogens is 248 g/mol. The molecule has 0 atom stereocenters. The average molecular weight is 261 g/mol. The Morgan fingerprint density at radius 3 is 2.39 bits per heavy atom. The second-order valence-corrected chi connectivity index (χ2v) is 4.05. The molecule has 2 rings (SSSR count). The molecule has 0 aromatic heterocycles. The fourth-order valence-corrected chi connectivity index (χ4v) is 1.78. The van der Waals surface area contributed by atoms with E-state index in [1.807, 2.05) is 42.5 Å². The summed E-state index contributed by atoms with van der Waals surface area (Å²) in [5.74, 6) is 0.782. The van der Waals surface area contributed by atoms with Crippen LogP contribution in [0.2, 0.25) is 0 Å². The van der Waals surface area contributed by atoms with Crippen LogP contribution in [0.5, 0.6) is 5.75 Å². The highest BCUT2D eigenvalue weighted by molar-refractivity contribution is 6.70. The number of hydrogen-bond donors (Lipinski definition) is 1. The smallest absolute Gasteiger partial charge is 0.139 e. The van der Waals surface area contributed by atoms with Crippen molar-refractivity contribution in [3.8, 4) is 5.75 Å². The van der Waals surface area contributed by atoms with Gasteiger partial charge in [0.15, 0.2) is 0 Å². The van der Waals surface area contributed by atoms with E-state index in [0.29, 0.717) is 10.9 Å². The molecule has 0 unspecified atom stereocenters. The molecule has 0 radical (unpaired) electrons. The largest absolute Gasteiger partial charge is 0.497 e. The van der Waals surface area contributed by atoms with Crippen LogP contribution in [0, 0.1) is 0 Å². The minimum Gasteiger partial charge on any atom is -0.497 e. The van der Waals surface area contributed by atoms with Crippen molar-refractivity contribution in [3.05, 3.63) is 54.1 Å². The van der Waals surface area contributed by atoms with Crippen molar-refractivity contribution in [2.45, 2.75) is 0 Å². The Balaban J connectivity index is 2.29. The second kappa shape index (κ2) is 5.56. The molecule has 4 heteroatoms. The Morgan fingerprint density at radius 2 is 1.78 bits per heavy atom. The fraction of sp³-hybridized carbons (Fsp3) is 0.0714. The Hall–Kier alpha value is -2.00. The van der Waals surface area contributed by atoms with E-state index in [2.05, 4.69) is 4.99 Å². The molecule has 0 spiro atoms. The molecular formula is C14H13ClN2O. The van der Waals surface area contributed by atoms with Gasteiger partial charge in [-0.1, -0.05) is 23.7 Å². The quantitative estimate of drug-likeness (QED) is 0.677. The molecule has 2 aromatic rings. The zero-order chi connectivity index (χ0) is 13.0. The van der Waals surface area contributed by atoms with Crippen molar-refractivity contribution in [1.82, 2.24) is 0 Å². The number of hydrogen-bond acceptors (Lipinski definition) is 3. The number of methoxy groups -OCH3 is 1. The van der Waals surface area contributed by atoms with Crippen molar-refractivity contribution < 1.29 is 4.74 Å². The topological polar surface area (TPSA) is 47.6 Å². The lowest BCUT2D eigenvalue weighted by atomic mass is 10.2. The highest BCUT2D eigenvalue weighted by Gasteiger charge is 2.04. The lowest BCUT2D eigenvalue weighted by molar-refractivity contribution is 0.415. The van der Waals surface area contributed by atoms with E-state index >= 15 is 0 Å². The van der Waals surface area contributed by atoms with Crippen LogP contribution in [-0.2, 0) is 0 Å². The molecule has 2 N–H and O–H groups in total. The van der Waals surface area contributed by atoms with Gasteiger partial charge in [-0.2, -0.15) is 0 Å². The van der Waals surface area contributed by atoms with Gasteiger partial charge in [0.25, 0.3) is 0 Å². The van der Waals surface area contributed by atoms with E-state index in [9.17, 15) is 0 Å². The first kappa shape index (κ1) is 12.5. The SMILES string of the molecule is COc1ccc(N=C(Cl)c2ccccc2N)cc1. The third-order valence-corrected chi connectivity index (χ3v) is 2.77. The van der Waals surface area contributed by atoms with Crippen LogP contribution in [0.4, 0.5) is 11.4 Å². The highest BCUT2D eigenvalue weighted by Crippen LogP contribution is 2.21. The van der Waals surface area contributed by atoms with E-state index in [1.165, 1.54) is 0 Å². The van der Waals surface area contributed by atoms with Gasteiger partial charge < -0.3 is 10.5 Å². The number of halogens is 1. The van der Waals surface area contributed by atoms with Crippen LogP contribution in [0.3, 0.4) is 0 Å². The van der Waals surface area contributed by atoms with Gasteiger partial charge in [0.1, 0.15) is 10.9 Å². The first-order chi connectivity index (χ1) is 8.70. The van der Waals surface area contributed by atoms with Gasteiger partial charge in [-0.3, -0.25) is 0 Å². The lowest BCUT2D eigenvalue weighted by Gasteiger charge is -2.03. The number of aliphatic imine (C=N–C) groups is 1. The Bertz CT molecular complexity index is 564. The number of nitrogens with two attached hydrogens (primary N) is 1. The lowest BCUT2D eigenvalue weighted by Crippen LogP contribution is -1.97. The minimum atomic E-state index is 0.373. The Kier molecular flexibility index (Phi) is 3.85. The van der Waals surface area contributed by atoms with E-state index < -0.39 is 0 Å². The van der Waals surface area contributed by atoms with Gasteiger partial charge in [0, 0.05) is 11.3 Å². The summed E-state index contributed by atoms with van der Waals surface area (Å²) in [6.07, 6.45) is 0. The van der Waals surface area contributed by atoms with Gasteiger partial charge in [0.05, 0.1) is 12.8 Å². The maximum absolute atomic E-state index is 6.16. The predicted molar refractivity (Wildman–Crippen MR) is 75.9 cm³/mol. The first-order valence-electron chi connectivity index (χ1n) is 5.44. The van der Waals surface area contributed by atoms with Crippen LogP contribution in [0.1, 0.15) is 5.56 Å². The third-order valence-electron chi connectivity index (χ3n) is 2.48. The van der Waals surface area contributed by atoms with Crippen molar-refractivity contribution >= 4 is 28.1 Å². The van der Waals surface area contributed by atoms with Crippen molar-refractivity contribution in [1.29, 1.82) is 0 Å². The highest BCUT2D eigenvalue weighted by atomic mass is 35.5. The molecule has 0 aliphatic rings. The first-order valence-corrected chi connectivity index (χ1v) is 5.81. The van der Waals surface area contributed by atoms with Crippen molar-refractivity contribution in [2.24, 2.45) is 4.99 Å². The van der Waals surface area contributed by atoms with Crippen LogP contribution in [-0.4, -0.2) is 12.3 Å². The summed E-state index contributed by atoms with van der Waals surface area (Å²) >= 11 is 6.16. The van der Waals surface area contributed by atoms with Gasteiger partial charge in [-0.15, -0.1) is 0 Å². The number of anilines is 1. The summed E-state index contributed by atoms with van der Waals surface area (Å²) in [5.41, 5.74) is 7.93. The summed E-state index contributed by atoms with van der Waals surface area (Å²) in [4.78, 5) is 4.31. The van der Waals surface area contributed by atoms with Crippen LogP contribution < -0.4 is 10.5 Å². The van der Waals surface area contributed by atoms with Crippen LogP contribution in [0.25, 0.3) is 0 Å². The number of nitrogens with zero attached hydrogens (tertiary/aromatic N) is 1. The molecule has 92 valence electrons. The third kappa shape index (κ3) is 2.81. The molecule has 0 aliphatic heterocycles. The molecule has 2 aromatic carbocycles. The molecule has 0 bridgehead atoms. The molecule has 0 aliphatic carbocycles. The number of ether oxygens (including phenoxy) is 1. The monoisotopic (exact) mass is 260 g/mol. The number of para-hydroxylation sites is 1. The van der Waals surface area contributed by atoms with E-state index in [1.54, 1.807) is 13.2 Å². The molecule has 18 heavy (non-hydrogen) atoms. The molecule has 0 amide bonds. The summed E-state index contributed by atoms with van der Waals surface area (Å²) in [6.45, 7) is 0. The molecule has 0 heterocycles. The van der Waals surface area contributed by atoms with Crippen molar-refractivity contribution in [3.63, 3.8) is 0 Å². The van der Waals surface area contributed by atoms with E-state index in [4.69, 9.17) is 22.1 Å². The average Bonchev–Trinajstić information content (AvgIpc) is 2.40. The summed E-state index contributed by atoms with van der Waals surface area (Å²) in [5, 5.41) is 0.373. The van der Waals surface area contributed by atoms with Gasteiger partial charge in [-0.05, 0) is 36.4 Å². The zero-order valence-electron chi connectivity index (χ0n) is 9.93. The Morgan fingerprint density at radius 1 is 1.11 bits per heavy atom. The molecule has 0 fully saturated rings. The van der Waals surface area contributed by atoms with E-state index in [0.717, 1.165) is 17.0 Å². The number of rotatable bonds is 3.